The van der Waals surface area contributed by atoms with Crippen LogP contribution in [-0.4, -0.2) is 56.6 Å². The van der Waals surface area contributed by atoms with Crippen molar-refractivity contribution in [3.05, 3.63) is 53.2 Å². The molecule has 34 heavy (non-hydrogen) atoms. The molecule has 9 nitrogen and oxygen atoms in total. The Morgan fingerprint density at radius 3 is 2.76 bits per heavy atom. The van der Waals surface area contributed by atoms with Crippen molar-refractivity contribution < 1.29 is 14.0 Å². The zero-order chi connectivity index (χ0) is 23.7. The molecule has 178 valence electrons. The molecule has 2 aliphatic rings. The molecule has 5 rings (SSSR count). The number of hydrogen-bond acceptors (Lipinski definition) is 6. The Kier molecular flexibility index (Phi) is 6.12. The number of rotatable bonds is 6. The monoisotopic (exact) mass is 465 g/mol. The van der Waals surface area contributed by atoms with Crippen LogP contribution >= 0.6 is 0 Å². The fraction of sp³-hybridized carbons (Fsp3) is 0.458. The number of aryl methyl sites for hydroxylation is 1. The number of fused-ring (bicyclic) bond motifs is 2. The molecule has 0 saturated carbocycles. The van der Waals surface area contributed by atoms with Crippen molar-refractivity contribution >= 4 is 23.4 Å². The third-order valence-electron chi connectivity index (χ3n) is 6.64. The molecule has 0 unspecified atom stereocenters. The Labute approximate surface area is 196 Å². The van der Waals surface area contributed by atoms with E-state index < -0.39 is 6.04 Å². The Morgan fingerprint density at radius 1 is 1.21 bits per heavy atom. The van der Waals surface area contributed by atoms with E-state index in [1.54, 1.807) is 18.2 Å². The van der Waals surface area contributed by atoms with Gasteiger partial charge in [-0.25, -0.2) is 9.37 Å². The van der Waals surface area contributed by atoms with E-state index in [1.807, 2.05) is 4.52 Å². The lowest BCUT2D eigenvalue weighted by molar-refractivity contribution is -0.128. The minimum Gasteiger partial charge on any atom is -0.356 e. The Morgan fingerprint density at radius 2 is 2.00 bits per heavy atom. The maximum Gasteiger partial charge on any atom is 0.254 e. The van der Waals surface area contributed by atoms with Crippen LogP contribution in [0.1, 0.15) is 43.0 Å². The molecule has 1 aliphatic carbocycles. The lowest BCUT2D eigenvalue weighted by Gasteiger charge is -2.35. The lowest BCUT2D eigenvalue weighted by atomic mass is 10.0. The average molecular weight is 466 g/mol. The summed E-state index contributed by atoms with van der Waals surface area (Å²) < 4.78 is 16.0. The lowest BCUT2D eigenvalue weighted by Crippen LogP contribution is -2.53. The van der Waals surface area contributed by atoms with Crippen molar-refractivity contribution in [3.8, 4) is 0 Å². The summed E-state index contributed by atoms with van der Waals surface area (Å²) in [5.41, 5.74) is 2.75. The predicted octanol–water partition coefficient (Wildman–Crippen LogP) is 1.58. The topological polar surface area (TPSA) is 105 Å². The summed E-state index contributed by atoms with van der Waals surface area (Å²) in [7, 11) is 0. The van der Waals surface area contributed by atoms with Crippen LogP contribution in [0.15, 0.2) is 30.6 Å². The molecule has 1 atom stereocenters. The number of nitrogens with zero attached hydrogens (tertiary/aromatic N) is 5. The van der Waals surface area contributed by atoms with Gasteiger partial charge in [0, 0.05) is 38.0 Å². The van der Waals surface area contributed by atoms with E-state index in [1.165, 1.54) is 24.9 Å². The quantitative estimate of drug-likeness (QED) is 0.573. The second-order valence-corrected chi connectivity index (χ2v) is 9.00. The number of hydrogen-bond donors (Lipinski definition) is 2. The van der Waals surface area contributed by atoms with Gasteiger partial charge in [-0.15, -0.1) is 0 Å². The van der Waals surface area contributed by atoms with Gasteiger partial charge in [-0.05, 0) is 43.7 Å². The molecule has 3 heterocycles. The Balaban J connectivity index is 1.26. The first-order valence-electron chi connectivity index (χ1n) is 11.8. The zero-order valence-electron chi connectivity index (χ0n) is 19.1. The summed E-state index contributed by atoms with van der Waals surface area (Å²) in [5, 5.41) is 10.1. The highest BCUT2D eigenvalue weighted by Crippen LogP contribution is 2.32. The third-order valence-corrected chi connectivity index (χ3v) is 6.64. The number of benzene rings is 1. The molecule has 2 amide bonds. The molecule has 1 aliphatic heterocycles. The van der Waals surface area contributed by atoms with Crippen LogP contribution in [0.2, 0.25) is 0 Å². The molecule has 3 aromatic rings. The van der Waals surface area contributed by atoms with Crippen molar-refractivity contribution in [2.45, 2.75) is 57.5 Å². The first-order chi connectivity index (χ1) is 16.5. The second-order valence-electron chi connectivity index (χ2n) is 9.00. The van der Waals surface area contributed by atoms with Crippen LogP contribution in [0.25, 0.3) is 5.78 Å². The van der Waals surface area contributed by atoms with E-state index in [-0.39, 0.29) is 30.1 Å². The Bertz CT molecular complexity index is 1220. The molecule has 1 fully saturated rings. The summed E-state index contributed by atoms with van der Waals surface area (Å²) in [6.45, 7) is 2.88. The van der Waals surface area contributed by atoms with Gasteiger partial charge < -0.3 is 15.5 Å². The normalized spacial score (nSPS) is 16.9. The molecule has 0 bridgehead atoms. The number of aromatic nitrogens is 4. The SMILES string of the molecule is CC(=O)N[C@@H](Cc1ccccc1F)C(=O)NC1CCN(c2c3c(nc4ncnn24)CCC3)CC1. The highest BCUT2D eigenvalue weighted by molar-refractivity contribution is 5.87. The number of anilines is 1. The van der Waals surface area contributed by atoms with Crippen LogP contribution in [0.3, 0.4) is 0 Å². The van der Waals surface area contributed by atoms with Gasteiger partial charge in [0.05, 0.1) is 5.69 Å². The van der Waals surface area contributed by atoms with Gasteiger partial charge in [0.25, 0.3) is 5.78 Å². The van der Waals surface area contributed by atoms with Gasteiger partial charge in [-0.1, -0.05) is 18.2 Å². The van der Waals surface area contributed by atoms with Gasteiger partial charge in [0.2, 0.25) is 11.8 Å². The summed E-state index contributed by atoms with van der Waals surface area (Å²) in [5.74, 6) is 0.686. The molecule has 1 aromatic carbocycles. The van der Waals surface area contributed by atoms with Crippen LogP contribution in [0, 0.1) is 5.82 Å². The van der Waals surface area contributed by atoms with E-state index in [4.69, 9.17) is 0 Å². The summed E-state index contributed by atoms with van der Waals surface area (Å²) in [6.07, 6.45) is 6.18. The van der Waals surface area contributed by atoms with Gasteiger partial charge in [0.1, 0.15) is 24.0 Å². The predicted molar refractivity (Wildman–Crippen MR) is 124 cm³/mol. The molecule has 0 radical (unpaired) electrons. The standard InChI is InChI=1S/C24H28FN7O2/c1-15(33)28-21(13-16-5-2-3-7-19(16)25)22(34)29-17-9-11-31(12-10-17)23-18-6-4-8-20(18)30-24-26-14-27-32(23)24/h2-3,5,7,14,17,21H,4,6,8-13H2,1H3,(H,28,33)(H,29,34)/t21-/m0/s1. The van der Waals surface area contributed by atoms with Gasteiger partial charge >= 0.3 is 0 Å². The molecule has 1 saturated heterocycles. The number of halogens is 1. The van der Waals surface area contributed by atoms with Gasteiger partial charge in [-0.2, -0.15) is 14.6 Å². The number of amides is 2. The highest BCUT2D eigenvalue weighted by atomic mass is 19.1. The van der Waals surface area contributed by atoms with Crippen LogP contribution in [0.4, 0.5) is 10.2 Å². The minimum atomic E-state index is -0.828. The van der Waals surface area contributed by atoms with Crippen LogP contribution < -0.4 is 15.5 Å². The van der Waals surface area contributed by atoms with Crippen LogP contribution in [-0.2, 0) is 28.9 Å². The number of piperidine rings is 1. The van der Waals surface area contributed by atoms with E-state index >= 15 is 0 Å². The fourth-order valence-corrected chi connectivity index (χ4v) is 5.00. The number of nitrogens with one attached hydrogen (secondary N) is 2. The van der Waals surface area contributed by atoms with E-state index in [0.717, 1.165) is 56.7 Å². The molecular weight excluding hydrogens is 437 g/mol. The van der Waals surface area contributed by atoms with Gasteiger partial charge in [0.15, 0.2) is 0 Å². The fourth-order valence-electron chi connectivity index (χ4n) is 5.00. The van der Waals surface area contributed by atoms with Gasteiger partial charge in [-0.3, -0.25) is 9.59 Å². The summed E-state index contributed by atoms with van der Waals surface area (Å²) >= 11 is 0. The first kappa shape index (κ1) is 22.2. The molecule has 10 heteroatoms. The third kappa shape index (κ3) is 4.44. The largest absolute Gasteiger partial charge is 0.356 e. The van der Waals surface area contributed by atoms with Crippen molar-refractivity contribution in [2.24, 2.45) is 0 Å². The number of carbonyl (C=O) groups is 2. The van der Waals surface area contributed by atoms with Crippen molar-refractivity contribution in [2.75, 3.05) is 18.0 Å². The average Bonchev–Trinajstić information content (AvgIpc) is 3.48. The maximum atomic E-state index is 14.1. The van der Waals surface area contributed by atoms with E-state index in [2.05, 4.69) is 30.6 Å². The van der Waals surface area contributed by atoms with Crippen molar-refractivity contribution in [3.63, 3.8) is 0 Å². The van der Waals surface area contributed by atoms with Crippen molar-refractivity contribution in [1.82, 2.24) is 30.2 Å². The maximum absolute atomic E-state index is 14.1. The number of carbonyl (C=O) groups excluding carboxylic acids is 2. The minimum absolute atomic E-state index is 0.0262. The highest BCUT2D eigenvalue weighted by Gasteiger charge is 2.30. The van der Waals surface area contributed by atoms with Crippen molar-refractivity contribution in [1.29, 1.82) is 0 Å². The molecule has 2 N–H and O–H groups in total. The molecule has 2 aromatic heterocycles. The second kappa shape index (κ2) is 9.36. The first-order valence-corrected chi connectivity index (χ1v) is 11.8. The molecule has 0 spiro atoms. The van der Waals surface area contributed by atoms with E-state index in [9.17, 15) is 14.0 Å². The summed E-state index contributed by atoms with van der Waals surface area (Å²) in [6, 6.07) is 5.46. The molecular formula is C24H28FN7O2. The van der Waals surface area contributed by atoms with Crippen LogP contribution in [0.5, 0.6) is 0 Å². The summed E-state index contributed by atoms with van der Waals surface area (Å²) in [4.78, 5) is 36.0. The zero-order valence-corrected chi connectivity index (χ0v) is 19.1. The van der Waals surface area contributed by atoms with E-state index in [0.29, 0.717) is 11.3 Å². The Hall–Kier alpha value is -3.56. The smallest absolute Gasteiger partial charge is 0.254 e.